The van der Waals surface area contributed by atoms with E-state index in [-0.39, 0.29) is 0 Å². The van der Waals surface area contributed by atoms with Crippen LogP contribution in [-0.4, -0.2) is 57.1 Å². The lowest BCUT2D eigenvalue weighted by molar-refractivity contribution is -0.140. The number of H-pyrrole nitrogens is 1. The van der Waals surface area contributed by atoms with Gasteiger partial charge in [-0.05, 0) is 12.5 Å². The number of fused-ring (bicyclic) bond motifs is 3. The van der Waals surface area contributed by atoms with E-state index in [4.69, 9.17) is 0 Å². The van der Waals surface area contributed by atoms with Gasteiger partial charge in [-0.25, -0.2) is 4.98 Å². The molecule has 4 rings (SSSR count). The lowest BCUT2D eigenvalue weighted by Crippen LogP contribution is -2.38. The van der Waals surface area contributed by atoms with E-state index in [1.807, 2.05) is 16.3 Å². The number of carbonyl (C=O) groups is 1. The lowest BCUT2D eigenvalue weighted by Gasteiger charge is -2.19. The van der Waals surface area contributed by atoms with Crippen molar-refractivity contribution in [2.45, 2.75) is 12.6 Å². The average Bonchev–Trinajstić information content (AvgIpc) is 3.27. The Morgan fingerprint density at radius 3 is 3.04 bits per heavy atom. The van der Waals surface area contributed by atoms with E-state index >= 15 is 0 Å². The Balaban J connectivity index is 1.59. The number of anilines is 1. The van der Waals surface area contributed by atoms with Gasteiger partial charge in [0.1, 0.15) is 17.9 Å². The van der Waals surface area contributed by atoms with Gasteiger partial charge in [0.2, 0.25) is 5.91 Å². The van der Waals surface area contributed by atoms with E-state index in [0.717, 1.165) is 10.8 Å². The van der Waals surface area contributed by atoms with Crippen LogP contribution in [0.2, 0.25) is 0 Å². The Hall–Kier alpha value is -2.98. The van der Waals surface area contributed by atoms with Crippen molar-refractivity contribution in [1.29, 1.82) is 0 Å². The van der Waals surface area contributed by atoms with Crippen LogP contribution in [0.4, 0.5) is 19.0 Å². The summed E-state index contributed by atoms with van der Waals surface area (Å²) in [6, 6.07) is 1.81. The number of carbonyl (C=O) groups excluding carboxylic acids is 1. The number of amides is 1. The predicted molar refractivity (Wildman–Crippen MR) is 86.4 cm³/mol. The third-order valence-corrected chi connectivity index (χ3v) is 4.39. The predicted octanol–water partition coefficient (Wildman–Crippen LogP) is 1.41. The minimum Gasteiger partial charge on any atom is -0.356 e. The van der Waals surface area contributed by atoms with Crippen LogP contribution in [-0.2, 0) is 4.79 Å². The highest BCUT2D eigenvalue weighted by molar-refractivity contribution is 6.08. The van der Waals surface area contributed by atoms with Gasteiger partial charge < -0.3 is 10.2 Å². The second-order valence-corrected chi connectivity index (χ2v) is 6.13. The van der Waals surface area contributed by atoms with Gasteiger partial charge in [0, 0.05) is 24.7 Å². The third-order valence-electron chi connectivity index (χ3n) is 4.39. The molecule has 1 aliphatic rings. The zero-order valence-electron chi connectivity index (χ0n) is 13.4. The Labute approximate surface area is 144 Å². The van der Waals surface area contributed by atoms with Crippen molar-refractivity contribution in [3.8, 4) is 0 Å². The summed E-state index contributed by atoms with van der Waals surface area (Å²) in [5.74, 6) is -0.469. The van der Waals surface area contributed by atoms with Gasteiger partial charge in [0.15, 0.2) is 5.65 Å². The number of alkyl halides is 3. The number of hydrogen-bond acceptors (Lipinski definition) is 6. The number of nitrogens with one attached hydrogen (secondary N) is 2. The van der Waals surface area contributed by atoms with E-state index in [2.05, 4.69) is 25.4 Å². The zero-order valence-corrected chi connectivity index (χ0v) is 13.4. The fraction of sp³-hybridized carbons (Fsp3) is 0.400. The molecule has 3 aromatic rings. The Morgan fingerprint density at radius 2 is 2.23 bits per heavy atom. The molecule has 2 N–H and O–H groups in total. The third kappa shape index (κ3) is 3.00. The van der Waals surface area contributed by atoms with Crippen LogP contribution < -0.4 is 10.2 Å². The first-order valence-electron chi connectivity index (χ1n) is 7.96. The maximum absolute atomic E-state index is 12.3. The largest absolute Gasteiger partial charge is 0.405 e. The first-order chi connectivity index (χ1) is 12.4. The molecule has 1 atom stereocenters. The molecule has 1 fully saturated rings. The molecule has 0 aromatic carbocycles. The van der Waals surface area contributed by atoms with E-state index in [0.29, 0.717) is 36.5 Å². The number of hydrogen-bond donors (Lipinski definition) is 2. The van der Waals surface area contributed by atoms with Gasteiger partial charge in [0.25, 0.3) is 0 Å². The van der Waals surface area contributed by atoms with Crippen LogP contribution in [0.15, 0.2) is 18.5 Å². The van der Waals surface area contributed by atoms with Crippen LogP contribution in [0, 0.1) is 5.92 Å². The van der Waals surface area contributed by atoms with Gasteiger partial charge >= 0.3 is 6.18 Å². The summed E-state index contributed by atoms with van der Waals surface area (Å²) in [6.07, 6.45) is -0.798. The molecular formula is C15H14F3N7O. The second-order valence-electron chi connectivity index (χ2n) is 6.13. The number of aromatic nitrogens is 5. The van der Waals surface area contributed by atoms with Crippen molar-refractivity contribution in [1.82, 2.24) is 30.7 Å². The Kier molecular flexibility index (Phi) is 3.85. The van der Waals surface area contributed by atoms with Crippen molar-refractivity contribution in [2.24, 2.45) is 5.92 Å². The highest BCUT2D eigenvalue weighted by atomic mass is 19.4. The molecule has 4 heterocycles. The molecule has 8 nitrogen and oxygen atoms in total. The molecule has 1 aliphatic heterocycles. The molecule has 1 saturated heterocycles. The average molecular weight is 365 g/mol. The molecule has 0 aliphatic carbocycles. The zero-order chi connectivity index (χ0) is 18.3. The Bertz CT molecular complexity index is 971. The van der Waals surface area contributed by atoms with Crippen molar-refractivity contribution in [3.63, 3.8) is 0 Å². The fourth-order valence-electron chi connectivity index (χ4n) is 3.18. The standard InChI is InChI=1S/C15H14F3N7O/c16-15(17,18)7-20-14(26)8-2-4-25(6-8)13-11-9-1-3-19-12(9)23-22-10(11)5-21-24-13/h1,3,5,8,24H,2,4,6-7H2,(H,20,26). The summed E-state index contributed by atoms with van der Waals surface area (Å²) >= 11 is 0. The topological polar surface area (TPSA) is 99.7 Å². The minimum absolute atomic E-state index is 0.291. The Morgan fingerprint density at radius 1 is 1.38 bits per heavy atom. The van der Waals surface area contributed by atoms with Gasteiger partial charge in [-0.3, -0.25) is 9.89 Å². The molecule has 11 heteroatoms. The molecule has 0 saturated carbocycles. The van der Waals surface area contributed by atoms with Crippen molar-refractivity contribution < 1.29 is 18.0 Å². The van der Waals surface area contributed by atoms with Gasteiger partial charge in [0.05, 0.1) is 17.5 Å². The molecule has 136 valence electrons. The summed E-state index contributed by atoms with van der Waals surface area (Å²) in [4.78, 5) is 18.0. The van der Waals surface area contributed by atoms with E-state index in [1.54, 1.807) is 12.4 Å². The first-order valence-corrected chi connectivity index (χ1v) is 7.96. The quantitative estimate of drug-likeness (QED) is 0.728. The summed E-state index contributed by atoms with van der Waals surface area (Å²) in [5, 5.41) is 18.6. The lowest BCUT2D eigenvalue weighted by atomic mass is 10.1. The van der Waals surface area contributed by atoms with Crippen LogP contribution in [0.1, 0.15) is 6.42 Å². The molecule has 1 amide bonds. The van der Waals surface area contributed by atoms with E-state index in [9.17, 15) is 18.0 Å². The van der Waals surface area contributed by atoms with Crippen LogP contribution >= 0.6 is 0 Å². The number of rotatable bonds is 3. The van der Waals surface area contributed by atoms with Crippen LogP contribution in [0.25, 0.3) is 21.9 Å². The highest BCUT2D eigenvalue weighted by Crippen LogP contribution is 2.31. The molecular weight excluding hydrogens is 351 g/mol. The molecule has 0 bridgehead atoms. The van der Waals surface area contributed by atoms with Crippen LogP contribution in [0.5, 0.6) is 0 Å². The summed E-state index contributed by atoms with van der Waals surface area (Å²) in [6.45, 7) is -0.516. The number of nitrogens with zero attached hydrogens (tertiary/aromatic N) is 5. The van der Waals surface area contributed by atoms with Crippen LogP contribution in [0.3, 0.4) is 0 Å². The summed E-state index contributed by atoms with van der Waals surface area (Å²) in [5.41, 5.74) is 1.07. The molecule has 26 heavy (non-hydrogen) atoms. The maximum Gasteiger partial charge on any atom is 0.405 e. The van der Waals surface area contributed by atoms with Gasteiger partial charge in [-0.2, -0.15) is 18.3 Å². The summed E-state index contributed by atoms with van der Waals surface area (Å²) < 4.78 is 36.8. The molecule has 3 aromatic heterocycles. The molecule has 0 radical (unpaired) electrons. The second kappa shape index (κ2) is 6.07. The van der Waals surface area contributed by atoms with E-state index < -0.39 is 24.5 Å². The first kappa shape index (κ1) is 16.5. The monoisotopic (exact) mass is 365 g/mol. The smallest absolute Gasteiger partial charge is 0.356 e. The van der Waals surface area contributed by atoms with Crippen molar-refractivity contribution in [3.05, 3.63) is 18.5 Å². The van der Waals surface area contributed by atoms with Crippen molar-refractivity contribution in [2.75, 3.05) is 24.5 Å². The fourth-order valence-corrected chi connectivity index (χ4v) is 3.18. The van der Waals surface area contributed by atoms with Gasteiger partial charge in [-0.1, -0.05) is 0 Å². The maximum atomic E-state index is 12.3. The molecule has 0 spiro atoms. The van der Waals surface area contributed by atoms with E-state index in [1.165, 1.54) is 0 Å². The normalized spacial score (nSPS) is 18.0. The SMILES string of the molecule is O=C(NCC(F)(F)F)C1CCN(c2[nH]ncc3nnc4nccc4c23)C1. The van der Waals surface area contributed by atoms with Gasteiger partial charge in [-0.15, -0.1) is 10.2 Å². The molecule has 1 unspecified atom stereocenters. The number of halogens is 3. The van der Waals surface area contributed by atoms with Crippen molar-refractivity contribution >= 4 is 33.7 Å². The highest BCUT2D eigenvalue weighted by Gasteiger charge is 2.33. The minimum atomic E-state index is -4.42. The number of aromatic amines is 1. The summed E-state index contributed by atoms with van der Waals surface area (Å²) in [7, 11) is 0.